The Balaban J connectivity index is 1.31. The number of likely N-dealkylation sites (tertiary alicyclic amines) is 1. The lowest BCUT2D eigenvalue weighted by Gasteiger charge is -2.28. The van der Waals surface area contributed by atoms with Crippen molar-refractivity contribution in [3.63, 3.8) is 0 Å². The Kier molecular flexibility index (Phi) is 7.19. The van der Waals surface area contributed by atoms with Crippen molar-refractivity contribution < 1.29 is 36.7 Å². The third kappa shape index (κ3) is 6.72. The minimum atomic E-state index is -4.86. The highest BCUT2D eigenvalue weighted by molar-refractivity contribution is 5.90. The molecule has 2 aliphatic rings. The lowest BCUT2D eigenvalue weighted by Crippen LogP contribution is -2.43. The Morgan fingerprint density at radius 2 is 1.95 bits per heavy atom. The van der Waals surface area contributed by atoms with Crippen LogP contribution in [0.2, 0.25) is 0 Å². The van der Waals surface area contributed by atoms with E-state index < -0.39 is 35.8 Å². The van der Waals surface area contributed by atoms with Crippen molar-refractivity contribution >= 4 is 12.0 Å². The second kappa shape index (κ2) is 10.5. The quantitative estimate of drug-likeness (QED) is 0.446. The zero-order chi connectivity index (χ0) is 28.7. The fourth-order valence-corrected chi connectivity index (χ4v) is 4.70. The van der Waals surface area contributed by atoms with Crippen LogP contribution in [0.25, 0.3) is 11.5 Å². The van der Waals surface area contributed by atoms with E-state index in [1.165, 1.54) is 12.1 Å². The van der Waals surface area contributed by atoms with E-state index in [-0.39, 0.29) is 35.8 Å². The first-order chi connectivity index (χ1) is 18.8. The molecule has 2 amide bonds. The van der Waals surface area contributed by atoms with Gasteiger partial charge in [0.1, 0.15) is 11.4 Å². The molecule has 1 N–H and O–H groups in total. The van der Waals surface area contributed by atoms with Gasteiger partial charge in [-0.1, -0.05) is 6.07 Å². The number of aromatic nitrogens is 4. The normalized spacial score (nSPS) is 19.5. The number of nitrogens with zero attached hydrogens (tertiary/aromatic N) is 5. The van der Waals surface area contributed by atoms with E-state index in [2.05, 4.69) is 25.3 Å². The maximum atomic E-state index is 13.0. The molecule has 11 nitrogen and oxygen atoms in total. The first-order valence-electron chi connectivity index (χ1n) is 12.9. The highest BCUT2D eigenvalue weighted by atomic mass is 19.4. The second-order valence-electron chi connectivity index (χ2n) is 10.9. The minimum absolute atomic E-state index is 0.0852. The lowest BCUT2D eigenvalue weighted by atomic mass is 10.0. The number of hydrogen-bond acceptors (Lipinski definition) is 8. The molecular weight excluding hydrogens is 533 g/mol. The van der Waals surface area contributed by atoms with E-state index in [9.17, 15) is 22.8 Å². The Bertz CT molecular complexity index is 1360. The second-order valence-corrected chi connectivity index (χ2v) is 10.9. The van der Waals surface area contributed by atoms with Crippen molar-refractivity contribution in [1.29, 1.82) is 0 Å². The minimum Gasteiger partial charge on any atom is -0.444 e. The van der Waals surface area contributed by atoms with Crippen molar-refractivity contribution in [2.45, 2.75) is 76.5 Å². The van der Waals surface area contributed by atoms with Gasteiger partial charge in [-0.2, -0.15) is 5.10 Å². The Labute approximate surface area is 227 Å². The molecule has 3 aromatic rings. The van der Waals surface area contributed by atoms with E-state index in [4.69, 9.17) is 9.15 Å². The standard InChI is InChI=1S/C26H29F3N6O5/c1-25(2,3)40-24(37)35-13-16(11-17(35)14-34-10-4-9-30-34)31-21(36)23-33-32-22(38-23)20-12-18(39-26(27,28)29)7-8-19(20)15-5-6-15/h4,7-10,12,15-17H,5-6,11,13-14H2,1-3H3,(H,31,36)/t16-,17+/m1/s1. The van der Waals surface area contributed by atoms with Gasteiger partial charge in [0.25, 0.3) is 0 Å². The first-order valence-corrected chi connectivity index (χ1v) is 12.9. The van der Waals surface area contributed by atoms with Crippen LogP contribution in [0.15, 0.2) is 41.1 Å². The summed E-state index contributed by atoms with van der Waals surface area (Å²) in [5, 5.41) is 14.8. The molecule has 2 aromatic heterocycles. The largest absolute Gasteiger partial charge is 0.573 e. The molecule has 1 aliphatic carbocycles. The molecule has 0 unspecified atom stereocenters. The van der Waals surface area contributed by atoms with E-state index >= 15 is 0 Å². The van der Waals surface area contributed by atoms with Crippen LogP contribution in [0.3, 0.4) is 0 Å². The molecule has 1 aromatic carbocycles. The zero-order valence-electron chi connectivity index (χ0n) is 22.1. The average molecular weight is 563 g/mol. The molecule has 1 saturated carbocycles. The number of hydrogen-bond donors (Lipinski definition) is 1. The highest BCUT2D eigenvalue weighted by Crippen LogP contribution is 2.45. The molecule has 1 saturated heterocycles. The summed E-state index contributed by atoms with van der Waals surface area (Å²) >= 11 is 0. The monoisotopic (exact) mass is 562 g/mol. The Morgan fingerprint density at radius 1 is 1.18 bits per heavy atom. The fourth-order valence-electron chi connectivity index (χ4n) is 4.70. The molecule has 214 valence electrons. The van der Waals surface area contributed by atoms with Crippen LogP contribution in [0.1, 0.15) is 62.2 Å². The first kappa shape index (κ1) is 27.5. The number of ether oxygens (including phenoxy) is 2. The molecule has 3 heterocycles. The highest BCUT2D eigenvalue weighted by Gasteiger charge is 2.39. The topological polar surface area (TPSA) is 125 Å². The molecule has 2 fully saturated rings. The van der Waals surface area contributed by atoms with Crippen LogP contribution in [0.4, 0.5) is 18.0 Å². The van der Waals surface area contributed by atoms with Crippen molar-refractivity contribution in [3.05, 3.63) is 48.1 Å². The van der Waals surface area contributed by atoms with Gasteiger partial charge in [0.2, 0.25) is 5.89 Å². The van der Waals surface area contributed by atoms with E-state index in [0.29, 0.717) is 13.0 Å². The van der Waals surface area contributed by atoms with Crippen LogP contribution >= 0.6 is 0 Å². The summed E-state index contributed by atoms with van der Waals surface area (Å²) < 4.78 is 55.3. The zero-order valence-corrected chi connectivity index (χ0v) is 22.1. The molecular formula is C26H29F3N6O5. The maximum Gasteiger partial charge on any atom is 0.573 e. The van der Waals surface area contributed by atoms with Crippen LogP contribution in [0.5, 0.6) is 5.75 Å². The molecule has 14 heteroatoms. The summed E-state index contributed by atoms with van der Waals surface area (Å²) in [6.45, 7) is 5.92. The predicted octanol–water partition coefficient (Wildman–Crippen LogP) is 4.52. The van der Waals surface area contributed by atoms with Crippen LogP contribution in [-0.4, -0.2) is 67.5 Å². The van der Waals surface area contributed by atoms with Crippen LogP contribution in [-0.2, 0) is 11.3 Å². The van der Waals surface area contributed by atoms with Gasteiger partial charge in [0, 0.05) is 30.5 Å². The van der Waals surface area contributed by atoms with Crippen LogP contribution in [0, 0.1) is 0 Å². The lowest BCUT2D eigenvalue weighted by molar-refractivity contribution is -0.274. The smallest absolute Gasteiger partial charge is 0.444 e. The fraction of sp³-hybridized carbons (Fsp3) is 0.500. The molecule has 40 heavy (non-hydrogen) atoms. The van der Waals surface area contributed by atoms with Gasteiger partial charge in [0.15, 0.2) is 0 Å². The van der Waals surface area contributed by atoms with Gasteiger partial charge in [-0.15, -0.1) is 23.4 Å². The number of benzene rings is 1. The van der Waals surface area contributed by atoms with E-state index in [1.807, 2.05) is 0 Å². The summed E-state index contributed by atoms with van der Waals surface area (Å²) in [6, 6.07) is 5.01. The van der Waals surface area contributed by atoms with Crippen molar-refractivity contribution in [2.75, 3.05) is 6.54 Å². The third-order valence-electron chi connectivity index (χ3n) is 6.46. The molecule has 0 bridgehead atoms. The predicted molar refractivity (Wildman–Crippen MR) is 133 cm³/mol. The molecule has 0 spiro atoms. The van der Waals surface area contributed by atoms with Gasteiger partial charge < -0.3 is 24.1 Å². The summed E-state index contributed by atoms with van der Waals surface area (Å²) in [5.41, 5.74) is 0.332. The van der Waals surface area contributed by atoms with E-state index in [0.717, 1.165) is 18.4 Å². The number of halogens is 3. The molecule has 1 aliphatic heterocycles. The van der Waals surface area contributed by atoms with E-state index in [1.54, 1.807) is 54.9 Å². The summed E-state index contributed by atoms with van der Waals surface area (Å²) in [7, 11) is 0. The number of rotatable bonds is 7. The average Bonchev–Trinajstić information content (AvgIpc) is 3.21. The van der Waals surface area contributed by atoms with Gasteiger partial charge in [-0.05, 0) is 69.7 Å². The Morgan fingerprint density at radius 3 is 2.60 bits per heavy atom. The molecule has 2 atom stereocenters. The van der Waals surface area contributed by atoms with Gasteiger partial charge >= 0.3 is 24.3 Å². The number of nitrogens with one attached hydrogen (secondary N) is 1. The third-order valence-corrected chi connectivity index (χ3v) is 6.46. The van der Waals surface area contributed by atoms with Gasteiger partial charge in [-0.3, -0.25) is 9.48 Å². The summed E-state index contributed by atoms with van der Waals surface area (Å²) in [4.78, 5) is 27.5. The Hall–Kier alpha value is -4.10. The van der Waals surface area contributed by atoms with Crippen molar-refractivity contribution in [2.24, 2.45) is 0 Å². The van der Waals surface area contributed by atoms with Gasteiger partial charge in [-0.25, -0.2) is 4.79 Å². The van der Waals surface area contributed by atoms with Crippen molar-refractivity contribution in [3.8, 4) is 17.2 Å². The van der Waals surface area contributed by atoms with Gasteiger partial charge in [0.05, 0.1) is 12.6 Å². The molecule has 0 radical (unpaired) electrons. The van der Waals surface area contributed by atoms with Crippen LogP contribution < -0.4 is 10.1 Å². The SMILES string of the molecule is CC(C)(C)OC(=O)N1C[C@H](NC(=O)c2nnc(-c3cc(OC(F)(F)F)ccc3C3CC3)o2)C[C@H]1Cn1cccn1. The van der Waals surface area contributed by atoms with Crippen molar-refractivity contribution in [1.82, 2.24) is 30.2 Å². The number of carbonyl (C=O) groups is 2. The number of carbonyl (C=O) groups excluding carboxylic acids is 2. The number of amides is 2. The maximum absolute atomic E-state index is 13.0. The number of alkyl halides is 3. The molecule has 5 rings (SSSR count). The summed E-state index contributed by atoms with van der Waals surface area (Å²) in [5.74, 6) is -1.37. The summed E-state index contributed by atoms with van der Waals surface area (Å²) in [6.07, 6.45) is 0.237.